The molecular weight excluding hydrogens is 319 g/mol. The Balaban J connectivity index is 0.00000288. The minimum absolute atomic E-state index is 0. The molecular formula is C20H29FO2Si. The number of hydrogen-bond donors (Lipinski definition) is 0. The van der Waals surface area contributed by atoms with Gasteiger partial charge in [-0.2, -0.15) is 0 Å². The van der Waals surface area contributed by atoms with Crippen LogP contribution in [0.5, 0.6) is 0 Å². The van der Waals surface area contributed by atoms with Gasteiger partial charge in [0.15, 0.2) is 0 Å². The lowest BCUT2D eigenvalue weighted by molar-refractivity contribution is -0.149. The zero-order chi connectivity index (χ0) is 17.2. The first-order valence-corrected chi connectivity index (χ1v) is 11.5. The monoisotopic (exact) mass is 348 g/mol. The highest BCUT2D eigenvalue weighted by Gasteiger charge is 2.44. The van der Waals surface area contributed by atoms with E-state index in [-0.39, 0.29) is 22.7 Å². The molecule has 0 N–H and O–H groups in total. The van der Waals surface area contributed by atoms with Crippen molar-refractivity contribution in [3.63, 3.8) is 0 Å². The highest BCUT2D eigenvalue weighted by atomic mass is 28.3. The summed E-state index contributed by atoms with van der Waals surface area (Å²) in [6.45, 7) is 13.0. The number of esters is 1. The molecule has 1 aliphatic rings. The van der Waals surface area contributed by atoms with Crippen molar-refractivity contribution in [1.82, 2.24) is 0 Å². The molecule has 0 fully saturated rings. The van der Waals surface area contributed by atoms with E-state index in [9.17, 15) is 4.79 Å². The molecule has 132 valence electrons. The zero-order valence-corrected chi connectivity index (χ0v) is 16.6. The van der Waals surface area contributed by atoms with Crippen LogP contribution in [0.25, 0.3) is 0 Å². The van der Waals surface area contributed by atoms with E-state index < -0.39 is 8.07 Å². The number of carbonyl (C=O) groups excluding carboxylic acids is 1. The second-order valence-electron chi connectivity index (χ2n) is 7.49. The summed E-state index contributed by atoms with van der Waals surface area (Å²) >= 11 is 0. The molecule has 4 heteroatoms. The van der Waals surface area contributed by atoms with Gasteiger partial charge in [0, 0.05) is 19.3 Å². The Morgan fingerprint density at radius 3 is 2.29 bits per heavy atom. The number of hydrogen-bond acceptors (Lipinski definition) is 2. The van der Waals surface area contributed by atoms with Gasteiger partial charge >= 0.3 is 5.97 Å². The minimum Gasteiger partial charge on any atom is -1.00 e. The molecule has 1 aromatic rings. The van der Waals surface area contributed by atoms with Crippen LogP contribution in [-0.2, 0) is 9.53 Å². The highest BCUT2D eigenvalue weighted by molar-refractivity contribution is 6.95. The lowest BCUT2D eigenvalue weighted by Gasteiger charge is -2.37. The van der Waals surface area contributed by atoms with Crippen molar-refractivity contribution in [2.75, 3.05) is 0 Å². The maximum absolute atomic E-state index is 11.4. The topological polar surface area (TPSA) is 26.3 Å². The van der Waals surface area contributed by atoms with Crippen LogP contribution in [0.4, 0.5) is 0 Å². The second kappa shape index (κ2) is 8.02. The molecule has 1 aromatic carbocycles. The summed E-state index contributed by atoms with van der Waals surface area (Å²) in [7, 11) is -1.72. The molecule has 0 unspecified atom stereocenters. The standard InChI is InChI=1S/C20H29O2Si.FH/c1-14(2)18-13-19(22-16(4)21)15(3)12-20(18)23(5,6)17-10-8-7-9-11-17;/h7-12,15,18-19H,13H2,1-6H3;1H/q+1;/p-1/t15-,18-,19+;/m1./s1. The molecule has 2 rings (SSSR count). The number of allylic oxidation sites excluding steroid dienone is 1. The fraction of sp³-hybridized carbons (Fsp3) is 0.500. The fourth-order valence-electron chi connectivity index (χ4n) is 3.66. The Labute approximate surface area is 146 Å². The van der Waals surface area contributed by atoms with Gasteiger partial charge in [0.2, 0.25) is 0 Å². The summed E-state index contributed by atoms with van der Waals surface area (Å²) < 4.78 is 5.57. The van der Waals surface area contributed by atoms with Crippen LogP contribution >= 0.6 is 0 Å². The maximum Gasteiger partial charge on any atom is 0.302 e. The van der Waals surface area contributed by atoms with Gasteiger partial charge in [-0.3, -0.25) is 4.79 Å². The molecule has 0 heterocycles. The molecule has 0 spiro atoms. The Hall–Kier alpha value is -1.55. The van der Waals surface area contributed by atoms with Crippen LogP contribution in [0.15, 0.2) is 41.6 Å². The van der Waals surface area contributed by atoms with Gasteiger partial charge in [-0.1, -0.05) is 61.6 Å². The van der Waals surface area contributed by atoms with Crippen LogP contribution in [0, 0.1) is 17.8 Å². The number of rotatable bonds is 4. The molecule has 2 nitrogen and oxygen atoms in total. The van der Waals surface area contributed by atoms with Crippen LogP contribution in [-0.4, -0.2) is 20.1 Å². The molecule has 0 saturated heterocycles. The summed E-state index contributed by atoms with van der Waals surface area (Å²) in [5.41, 5.74) is 0. The summed E-state index contributed by atoms with van der Waals surface area (Å²) in [5, 5.41) is 3.05. The van der Waals surface area contributed by atoms with Crippen LogP contribution in [0.2, 0.25) is 13.1 Å². The van der Waals surface area contributed by atoms with Crippen molar-refractivity contribution < 1.29 is 14.2 Å². The number of halogens is 1. The van der Waals surface area contributed by atoms with Crippen molar-refractivity contribution in [3.05, 3.63) is 47.5 Å². The molecule has 0 saturated carbocycles. The Kier molecular flexibility index (Phi) is 6.84. The molecule has 0 aromatic heterocycles. The van der Waals surface area contributed by atoms with E-state index in [0.29, 0.717) is 5.92 Å². The lowest BCUT2D eigenvalue weighted by atomic mass is 9.80. The van der Waals surface area contributed by atoms with E-state index in [4.69, 9.17) is 4.74 Å². The summed E-state index contributed by atoms with van der Waals surface area (Å²) in [5.74, 6) is 1.93. The highest BCUT2D eigenvalue weighted by Crippen LogP contribution is 2.40. The van der Waals surface area contributed by atoms with E-state index >= 15 is 0 Å². The van der Waals surface area contributed by atoms with E-state index in [0.717, 1.165) is 6.42 Å². The Bertz CT molecular complexity index is 581. The quantitative estimate of drug-likeness (QED) is 0.465. The van der Waals surface area contributed by atoms with Gasteiger partial charge in [-0.25, -0.2) is 0 Å². The third-order valence-corrected chi connectivity index (χ3v) is 8.84. The summed E-state index contributed by atoms with van der Waals surface area (Å²) in [6, 6.07) is 10.9. The van der Waals surface area contributed by atoms with Crippen molar-refractivity contribution >= 4 is 19.2 Å². The van der Waals surface area contributed by atoms with Crippen molar-refractivity contribution in [3.8, 4) is 0 Å². The predicted molar refractivity (Wildman–Crippen MR) is 99.1 cm³/mol. The fourth-order valence-corrected chi connectivity index (χ4v) is 6.98. The van der Waals surface area contributed by atoms with Gasteiger partial charge in [-0.15, -0.1) is 0 Å². The predicted octanol–water partition coefficient (Wildman–Crippen LogP) is 1.27. The number of carbonyl (C=O) groups is 1. The van der Waals surface area contributed by atoms with Crippen LogP contribution in [0.3, 0.4) is 0 Å². The van der Waals surface area contributed by atoms with E-state index in [1.54, 1.807) is 5.20 Å². The Morgan fingerprint density at radius 2 is 1.79 bits per heavy atom. The third kappa shape index (κ3) is 4.29. The average Bonchev–Trinajstić information content (AvgIpc) is 2.49. The van der Waals surface area contributed by atoms with Gasteiger partial charge < -0.3 is 9.44 Å². The maximum atomic E-state index is 11.4. The molecule has 1 aliphatic carbocycles. The van der Waals surface area contributed by atoms with E-state index in [2.05, 4.69) is 70.3 Å². The first kappa shape index (κ1) is 20.5. The number of benzene rings is 1. The zero-order valence-electron chi connectivity index (χ0n) is 15.6. The molecule has 0 bridgehead atoms. The SMILES string of the molecule is CC(=O)O[C@H]1C[C@H]([C+](C)C)C([Si](C)(C)c2ccccc2)=C[C@H]1C.[F-]. The summed E-state index contributed by atoms with van der Waals surface area (Å²) in [4.78, 5) is 11.4. The molecule has 24 heavy (non-hydrogen) atoms. The second-order valence-corrected chi connectivity index (χ2v) is 11.9. The normalized spacial score (nSPS) is 23.8. The minimum atomic E-state index is -1.72. The smallest absolute Gasteiger partial charge is 0.302 e. The summed E-state index contributed by atoms with van der Waals surface area (Å²) in [6.07, 6.45) is 3.31. The van der Waals surface area contributed by atoms with Gasteiger partial charge in [0.05, 0.1) is 19.8 Å². The van der Waals surface area contributed by atoms with Gasteiger partial charge in [0.1, 0.15) is 20.1 Å². The molecule has 3 atom stereocenters. The first-order chi connectivity index (χ1) is 10.7. The van der Waals surface area contributed by atoms with Gasteiger partial charge in [0.25, 0.3) is 0 Å². The average molecular weight is 349 g/mol. The lowest BCUT2D eigenvalue weighted by Crippen LogP contribution is -3.00. The molecule has 0 aliphatic heterocycles. The van der Waals surface area contributed by atoms with Crippen LogP contribution < -0.4 is 9.89 Å². The van der Waals surface area contributed by atoms with Crippen LogP contribution in [0.1, 0.15) is 34.1 Å². The first-order valence-electron chi connectivity index (χ1n) is 8.48. The largest absolute Gasteiger partial charge is 1.00 e. The Morgan fingerprint density at radius 1 is 1.21 bits per heavy atom. The van der Waals surface area contributed by atoms with Gasteiger partial charge in [-0.05, 0) is 5.20 Å². The number of ether oxygens (including phenoxy) is 1. The van der Waals surface area contributed by atoms with Crippen molar-refractivity contribution in [1.29, 1.82) is 0 Å². The molecule has 0 amide bonds. The molecule has 0 radical (unpaired) electrons. The van der Waals surface area contributed by atoms with Crippen molar-refractivity contribution in [2.45, 2.75) is 53.3 Å². The third-order valence-electron chi connectivity index (χ3n) is 5.10. The van der Waals surface area contributed by atoms with Crippen molar-refractivity contribution in [2.24, 2.45) is 11.8 Å². The van der Waals surface area contributed by atoms with E-state index in [1.165, 1.54) is 18.0 Å². The van der Waals surface area contributed by atoms with E-state index in [1.807, 2.05) is 0 Å².